The Kier molecular flexibility index (Phi) is 7.13. The van der Waals surface area contributed by atoms with Crippen LogP contribution in [0.3, 0.4) is 0 Å². The summed E-state index contributed by atoms with van der Waals surface area (Å²) in [5, 5.41) is 14.2. The van der Waals surface area contributed by atoms with Crippen LogP contribution in [0.1, 0.15) is 78.9 Å². The fraction of sp³-hybridized carbons (Fsp3) is 0.522. The van der Waals surface area contributed by atoms with Gasteiger partial charge in [-0.1, -0.05) is 32.3 Å². The van der Waals surface area contributed by atoms with E-state index in [9.17, 15) is 19.5 Å². The average molecular weight is 431 g/mol. The normalized spacial score (nSPS) is 16.1. The van der Waals surface area contributed by atoms with E-state index in [-0.39, 0.29) is 11.1 Å². The highest BCUT2D eigenvalue weighted by Gasteiger charge is 2.39. The van der Waals surface area contributed by atoms with Gasteiger partial charge in [-0.05, 0) is 62.1 Å². The molecule has 2 aromatic heterocycles. The van der Waals surface area contributed by atoms with Crippen molar-refractivity contribution in [1.82, 2.24) is 9.88 Å². The second-order valence-corrected chi connectivity index (χ2v) is 9.06. The Morgan fingerprint density at radius 3 is 2.60 bits per heavy atom. The molecule has 30 heavy (non-hydrogen) atoms. The molecular weight excluding hydrogens is 400 g/mol. The Morgan fingerprint density at radius 2 is 1.97 bits per heavy atom. The molecular formula is C23H30N2O4S. The number of fused-ring (bicyclic) bond motifs is 1. The Balaban J connectivity index is 2.04. The van der Waals surface area contributed by atoms with Gasteiger partial charge in [0.2, 0.25) is 0 Å². The van der Waals surface area contributed by atoms with Gasteiger partial charge in [0.05, 0.1) is 0 Å². The summed E-state index contributed by atoms with van der Waals surface area (Å²) in [5.41, 5.74) is 0.220. The van der Waals surface area contributed by atoms with E-state index in [1.165, 1.54) is 18.3 Å². The summed E-state index contributed by atoms with van der Waals surface area (Å²) < 4.78 is 1.77. The number of aryl methyl sites for hydroxylation is 1. The molecule has 0 aromatic carbocycles. The summed E-state index contributed by atoms with van der Waals surface area (Å²) >= 11 is 1.26. The van der Waals surface area contributed by atoms with Crippen LogP contribution in [0.15, 0.2) is 28.4 Å². The number of amides is 1. The molecule has 0 spiro atoms. The number of carboxylic acids is 1. The van der Waals surface area contributed by atoms with Gasteiger partial charge in [-0.3, -0.25) is 9.59 Å². The minimum atomic E-state index is -1.59. The maximum atomic E-state index is 13.3. The first-order valence-electron chi connectivity index (χ1n) is 10.7. The standard InChI is InChI=1S/C23H30N2O4S/c1-3-4-13-25-18-11-8-6-5-7-10-16(18)15-17(21(25)27)20(26)24-23(2,22(28)29)19-12-9-14-30-19/h9,12,14-15H,3-8,10-11,13H2,1-2H3,(H,24,26)(H,28,29). The highest BCUT2D eigenvalue weighted by Crippen LogP contribution is 2.27. The fourth-order valence-electron chi connectivity index (χ4n) is 4.03. The van der Waals surface area contributed by atoms with E-state index in [0.29, 0.717) is 11.4 Å². The van der Waals surface area contributed by atoms with Crippen molar-refractivity contribution in [2.24, 2.45) is 0 Å². The van der Waals surface area contributed by atoms with Crippen molar-refractivity contribution in [1.29, 1.82) is 0 Å². The van der Waals surface area contributed by atoms with Crippen LogP contribution in [0.5, 0.6) is 0 Å². The molecule has 1 aliphatic carbocycles. The maximum absolute atomic E-state index is 13.3. The van der Waals surface area contributed by atoms with Crippen molar-refractivity contribution in [3.8, 4) is 0 Å². The molecule has 2 N–H and O–H groups in total. The lowest BCUT2D eigenvalue weighted by atomic mass is 9.94. The molecule has 2 aromatic rings. The van der Waals surface area contributed by atoms with Crippen molar-refractivity contribution < 1.29 is 14.7 Å². The van der Waals surface area contributed by atoms with Gasteiger partial charge >= 0.3 is 5.97 Å². The minimum absolute atomic E-state index is 0.0365. The number of pyridine rings is 1. The summed E-state index contributed by atoms with van der Waals surface area (Å²) in [6.45, 7) is 4.12. The van der Waals surface area contributed by atoms with Crippen molar-refractivity contribution in [2.45, 2.75) is 77.3 Å². The molecule has 0 bridgehead atoms. The third kappa shape index (κ3) is 4.51. The van der Waals surface area contributed by atoms with Crippen molar-refractivity contribution in [3.05, 3.63) is 55.6 Å². The van der Waals surface area contributed by atoms with Crippen LogP contribution < -0.4 is 10.9 Å². The van der Waals surface area contributed by atoms with Crippen LogP contribution in [-0.2, 0) is 29.7 Å². The summed E-state index contributed by atoms with van der Waals surface area (Å²) in [6.07, 6.45) is 7.86. The molecule has 3 rings (SSSR count). The number of hydrogen-bond donors (Lipinski definition) is 2. The minimum Gasteiger partial charge on any atom is -0.479 e. The van der Waals surface area contributed by atoms with Gasteiger partial charge in [-0.2, -0.15) is 0 Å². The van der Waals surface area contributed by atoms with E-state index in [0.717, 1.165) is 62.6 Å². The number of hydrogen-bond acceptors (Lipinski definition) is 4. The van der Waals surface area contributed by atoms with E-state index in [2.05, 4.69) is 12.2 Å². The molecule has 2 heterocycles. The SMILES string of the molecule is CCCCn1c2c(cc(C(=O)NC(C)(C(=O)O)c3cccs3)c1=O)CCCCCC2. The number of nitrogens with one attached hydrogen (secondary N) is 1. The highest BCUT2D eigenvalue weighted by molar-refractivity contribution is 7.10. The Morgan fingerprint density at radius 1 is 1.23 bits per heavy atom. The molecule has 7 heteroatoms. The maximum Gasteiger partial charge on any atom is 0.334 e. The Hall–Kier alpha value is -2.41. The number of thiophene rings is 1. The topological polar surface area (TPSA) is 88.4 Å². The van der Waals surface area contributed by atoms with Crippen LogP contribution in [-0.4, -0.2) is 21.6 Å². The highest BCUT2D eigenvalue weighted by atomic mass is 32.1. The first-order chi connectivity index (χ1) is 14.4. The lowest BCUT2D eigenvalue weighted by Gasteiger charge is -2.26. The zero-order chi connectivity index (χ0) is 21.7. The first-order valence-corrected chi connectivity index (χ1v) is 11.6. The second-order valence-electron chi connectivity index (χ2n) is 8.12. The molecule has 1 atom stereocenters. The quantitative estimate of drug-likeness (QED) is 0.692. The van der Waals surface area contributed by atoms with Gasteiger partial charge in [0.25, 0.3) is 11.5 Å². The zero-order valence-corrected chi connectivity index (χ0v) is 18.5. The van der Waals surface area contributed by atoms with E-state index >= 15 is 0 Å². The van der Waals surface area contributed by atoms with Gasteiger partial charge in [-0.25, -0.2) is 4.79 Å². The lowest BCUT2D eigenvalue weighted by molar-refractivity contribution is -0.144. The molecule has 162 valence electrons. The lowest BCUT2D eigenvalue weighted by Crippen LogP contribution is -2.50. The average Bonchev–Trinajstić information content (AvgIpc) is 3.23. The van der Waals surface area contributed by atoms with Crippen molar-refractivity contribution >= 4 is 23.2 Å². The molecule has 0 fully saturated rings. The number of nitrogens with zero attached hydrogens (tertiary/aromatic N) is 1. The summed E-state index contributed by atoms with van der Waals surface area (Å²) in [4.78, 5) is 39.0. The molecule has 0 aliphatic heterocycles. The molecule has 0 radical (unpaired) electrons. The Labute approximate surface area is 180 Å². The molecule has 1 amide bonds. The molecule has 1 aliphatic rings. The van der Waals surface area contributed by atoms with Gasteiger partial charge in [-0.15, -0.1) is 11.3 Å². The third-order valence-corrected chi connectivity index (χ3v) is 6.98. The predicted octanol–water partition coefficient (Wildman–Crippen LogP) is 4.10. The number of carbonyl (C=O) groups excluding carboxylic acids is 1. The van der Waals surface area contributed by atoms with Crippen LogP contribution in [0, 0.1) is 0 Å². The van der Waals surface area contributed by atoms with Crippen molar-refractivity contribution in [2.75, 3.05) is 0 Å². The zero-order valence-electron chi connectivity index (χ0n) is 17.7. The molecule has 0 saturated carbocycles. The number of carboxylic acid groups (broad SMARTS) is 1. The van der Waals surface area contributed by atoms with Crippen LogP contribution in [0.4, 0.5) is 0 Å². The number of unbranched alkanes of at least 4 members (excludes halogenated alkanes) is 1. The van der Waals surface area contributed by atoms with Gasteiger partial charge < -0.3 is 15.0 Å². The molecule has 6 nitrogen and oxygen atoms in total. The van der Waals surface area contributed by atoms with E-state index < -0.39 is 17.4 Å². The van der Waals surface area contributed by atoms with Crippen molar-refractivity contribution in [3.63, 3.8) is 0 Å². The largest absolute Gasteiger partial charge is 0.479 e. The summed E-state index contributed by atoms with van der Waals surface area (Å²) in [7, 11) is 0. The number of aromatic nitrogens is 1. The van der Waals surface area contributed by atoms with Crippen LogP contribution >= 0.6 is 11.3 Å². The van der Waals surface area contributed by atoms with Gasteiger partial charge in [0, 0.05) is 17.1 Å². The predicted molar refractivity (Wildman–Crippen MR) is 118 cm³/mol. The summed E-state index contributed by atoms with van der Waals surface area (Å²) in [5.74, 6) is -1.79. The molecule has 1 unspecified atom stereocenters. The number of aliphatic carboxylic acids is 1. The second kappa shape index (κ2) is 9.60. The van der Waals surface area contributed by atoms with Gasteiger partial charge in [0.1, 0.15) is 5.56 Å². The van der Waals surface area contributed by atoms with E-state index in [1.807, 2.05) is 0 Å². The molecule has 0 saturated heterocycles. The number of rotatable bonds is 7. The Bertz CT molecular complexity index is 964. The van der Waals surface area contributed by atoms with E-state index in [1.54, 1.807) is 28.1 Å². The van der Waals surface area contributed by atoms with Crippen LogP contribution in [0.25, 0.3) is 0 Å². The summed E-state index contributed by atoms with van der Waals surface area (Å²) in [6, 6.07) is 5.13. The number of carbonyl (C=O) groups is 2. The monoisotopic (exact) mass is 430 g/mol. The third-order valence-electron chi connectivity index (χ3n) is 5.89. The smallest absolute Gasteiger partial charge is 0.334 e. The fourth-order valence-corrected chi connectivity index (χ4v) is 4.86. The van der Waals surface area contributed by atoms with Crippen LogP contribution in [0.2, 0.25) is 0 Å². The first kappa shape index (κ1) is 22.3. The van der Waals surface area contributed by atoms with Gasteiger partial charge in [0.15, 0.2) is 5.54 Å². The van der Waals surface area contributed by atoms with E-state index in [4.69, 9.17) is 0 Å².